The Bertz CT molecular complexity index is 1120. The molecular formula is C26H27N3O4S. The monoisotopic (exact) mass is 477 g/mol. The number of anilines is 1. The molecule has 0 unspecified atom stereocenters. The number of nitrogens with one attached hydrogen (secondary N) is 2. The third-order valence-corrected chi connectivity index (χ3v) is 5.08. The number of thiocarbonyl (C=S) groups is 1. The molecule has 8 heteroatoms. The van der Waals surface area contributed by atoms with Crippen LogP contribution in [0.25, 0.3) is 0 Å². The van der Waals surface area contributed by atoms with E-state index >= 15 is 0 Å². The highest BCUT2D eigenvalue weighted by molar-refractivity contribution is 7.80. The van der Waals surface area contributed by atoms with E-state index in [2.05, 4.69) is 10.6 Å². The van der Waals surface area contributed by atoms with Gasteiger partial charge in [0, 0.05) is 37.5 Å². The van der Waals surface area contributed by atoms with Crippen molar-refractivity contribution in [3.63, 3.8) is 0 Å². The normalized spacial score (nSPS) is 10.3. The summed E-state index contributed by atoms with van der Waals surface area (Å²) >= 11 is 5.28. The van der Waals surface area contributed by atoms with Crippen molar-refractivity contribution in [2.45, 2.75) is 6.54 Å². The lowest BCUT2D eigenvalue weighted by molar-refractivity contribution is 0.0785. The van der Waals surface area contributed by atoms with E-state index in [0.717, 1.165) is 5.56 Å². The van der Waals surface area contributed by atoms with Gasteiger partial charge in [-0.2, -0.15) is 0 Å². The van der Waals surface area contributed by atoms with Gasteiger partial charge in [-0.1, -0.05) is 36.4 Å². The van der Waals surface area contributed by atoms with Gasteiger partial charge in [0.05, 0.1) is 6.61 Å². The van der Waals surface area contributed by atoms with E-state index in [-0.39, 0.29) is 16.9 Å². The van der Waals surface area contributed by atoms with Crippen LogP contribution < -0.4 is 15.4 Å². The fraction of sp³-hybridized carbons (Fsp3) is 0.192. The second kappa shape index (κ2) is 12.5. The van der Waals surface area contributed by atoms with Crippen LogP contribution in [0.15, 0.2) is 78.9 Å². The first-order chi connectivity index (χ1) is 16.5. The van der Waals surface area contributed by atoms with Crippen LogP contribution in [0, 0.1) is 0 Å². The van der Waals surface area contributed by atoms with Crippen LogP contribution in [0.2, 0.25) is 0 Å². The molecule has 0 saturated carbocycles. The zero-order chi connectivity index (χ0) is 24.3. The summed E-state index contributed by atoms with van der Waals surface area (Å²) in [6, 6.07) is 23.5. The van der Waals surface area contributed by atoms with Crippen molar-refractivity contribution in [1.29, 1.82) is 0 Å². The Labute approximate surface area is 204 Å². The predicted molar refractivity (Wildman–Crippen MR) is 136 cm³/mol. The van der Waals surface area contributed by atoms with Crippen molar-refractivity contribution in [2.24, 2.45) is 0 Å². The summed E-state index contributed by atoms with van der Waals surface area (Å²) in [6.45, 7) is 1.42. The molecular weight excluding hydrogens is 450 g/mol. The predicted octanol–water partition coefficient (Wildman–Crippen LogP) is 4.11. The molecule has 3 aromatic carbocycles. The molecule has 0 spiro atoms. The Morgan fingerprint density at radius 1 is 0.912 bits per heavy atom. The SMILES string of the molecule is COCCOc1ccc(C(=O)NC(=S)Nc2cccc(C(=O)N(C)Cc3ccccc3)c2)cc1. The van der Waals surface area contributed by atoms with Gasteiger partial charge in [-0.05, 0) is 60.2 Å². The number of methoxy groups -OCH3 is 1. The van der Waals surface area contributed by atoms with Crippen molar-refractivity contribution >= 4 is 34.8 Å². The van der Waals surface area contributed by atoms with Crippen LogP contribution in [0.3, 0.4) is 0 Å². The Morgan fingerprint density at radius 2 is 1.65 bits per heavy atom. The minimum absolute atomic E-state index is 0.115. The maximum absolute atomic E-state index is 12.8. The first kappa shape index (κ1) is 24.9. The van der Waals surface area contributed by atoms with E-state index in [1.807, 2.05) is 30.3 Å². The third kappa shape index (κ3) is 7.40. The molecule has 0 bridgehead atoms. The molecule has 34 heavy (non-hydrogen) atoms. The summed E-state index contributed by atoms with van der Waals surface area (Å²) in [7, 11) is 3.36. The summed E-state index contributed by atoms with van der Waals surface area (Å²) in [4.78, 5) is 27.0. The number of nitrogens with zero attached hydrogens (tertiary/aromatic N) is 1. The van der Waals surface area contributed by atoms with Gasteiger partial charge in [-0.3, -0.25) is 14.9 Å². The van der Waals surface area contributed by atoms with Gasteiger partial charge in [0.25, 0.3) is 11.8 Å². The molecule has 2 amide bonds. The summed E-state index contributed by atoms with van der Waals surface area (Å²) in [6.07, 6.45) is 0. The van der Waals surface area contributed by atoms with Crippen molar-refractivity contribution in [1.82, 2.24) is 10.2 Å². The van der Waals surface area contributed by atoms with Crippen LogP contribution in [0.1, 0.15) is 26.3 Å². The van der Waals surface area contributed by atoms with Crippen LogP contribution in [-0.2, 0) is 11.3 Å². The maximum atomic E-state index is 12.8. The van der Waals surface area contributed by atoms with Crippen molar-refractivity contribution in [2.75, 3.05) is 32.7 Å². The summed E-state index contributed by atoms with van der Waals surface area (Å²) in [5.41, 5.74) is 2.61. The zero-order valence-electron chi connectivity index (χ0n) is 19.1. The van der Waals surface area contributed by atoms with Gasteiger partial charge in [0.2, 0.25) is 0 Å². The minimum Gasteiger partial charge on any atom is -0.491 e. The molecule has 176 valence electrons. The lowest BCUT2D eigenvalue weighted by Gasteiger charge is -2.18. The maximum Gasteiger partial charge on any atom is 0.257 e. The van der Waals surface area contributed by atoms with E-state index in [4.69, 9.17) is 21.7 Å². The number of amides is 2. The number of ether oxygens (including phenoxy) is 2. The van der Waals surface area contributed by atoms with Crippen LogP contribution in [-0.4, -0.2) is 49.2 Å². The molecule has 0 heterocycles. The highest BCUT2D eigenvalue weighted by Crippen LogP contribution is 2.15. The van der Waals surface area contributed by atoms with E-state index in [0.29, 0.717) is 42.3 Å². The molecule has 7 nitrogen and oxygen atoms in total. The fourth-order valence-corrected chi connectivity index (χ4v) is 3.37. The largest absolute Gasteiger partial charge is 0.491 e. The molecule has 0 radical (unpaired) electrons. The summed E-state index contributed by atoms with van der Waals surface area (Å²) < 4.78 is 10.4. The highest BCUT2D eigenvalue weighted by atomic mass is 32.1. The highest BCUT2D eigenvalue weighted by Gasteiger charge is 2.13. The fourth-order valence-electron chi connectivity index (χ4n) is 3.16. The van der Waals surface area contributed by atoms with Gasteiger partial charge in [0.1, 0.15) is 12.4 Å². The van der Waals surface area contributed by atoms with Crippen LogP contribution in [0.5, 0.6) is 5.75 Å². The third-order valence-electron chi connectivity index (χ3n) is 4.88. The van der Waals surface area contributed by atoms with E-state index in [1.54, 1.807) is 67.6 Å². The molecule has 2 N–H and O–H groups in total. The van der Waals surface area contributed by atoms with Gasteiger partial charge >= 0.3 is 0 Å². The lowest BCUT2D eigenvalue weighted by Crippen LogP contribution is -2.34. The summed E-state index contributed by atoms with van der Waals surface area (Å²) in [5.74, 6) is 0.180. The van der Waals surface area contributed by atoms with Crippen LogP contribution >= 0.6 is 12.2 Å². The zero-order valence-corrected chi connectivity index (χ0v) is 19.9. The molecule has 0 aliphatic heterocycles. The molecule has 0 aliphatic rings. The summed E-state index contributed by atoms with van der Waals surface area (Å²) in [5, 5.41) is 5.74. The molecule has 0 fully saturated rings. The standard InChI is InChI=1S/C26H27N3O4S/c1-29(18-19-7-4-3-5-8-19)25(31)21-9-6-10-22(17-21)27-26(34)28-24(30)20-11-13-23(14-12-20)33-16-15-32-2/h3-14,17H,15-16,18H2,1-2H3,(H2,27,28,30,34). The number of carbonyl (C=O) groups excluding carboxylic acids is 2. The van der Waals surface area contributed by atoms with Crippen molar-refractivity contribution in [3.8, 4) is 5.75 Å². The molecule has 0 aliphatic carbocycles. The van der Waals surface area contributed by atoms with Gasteiger partial charge in [-0.25, -0.2) is 0 Å². The average Bonchev–Trinajstić information content (AvgIpc) is 2.84. The Balaban J connectivity index is 1.55. The molecule has 0 saturated heterocycles. The molecule has 0 atom stereocenters. The smallest absolute Gasteiger partial charge is 0.257 e. The number of hydrogen-bond acceptors (Lipinski definition) is 5. The van der Waals surface area contributed by atoms with E-state index in [9.17, 15) is 9.59 Å². The Hall–Kier alpha value is -3.75. The van der Waals surface area contributed by atoms with Crippen molar-refractivity contribution < 1.29 is 19.1 Å². The molecule has 3 aromatic rings. The number of carbonyl (C=O) groups is 2. The average molecular weight is 478 g/mol. The topological polar surface area (TPSA) is 79.9 Å². The van der Waals surface area contributed by atoms with E-state index < -0.39 is 0 Å². The Kier molecular flexibility index (Phi) is 9.13. The number of hydrogen-bond donors (Lipinski definition) is 2. The minimum atomic E-state index is -0.351. The van der Waals surface area contributed by atoms with Gasteiger partial charge in [0.15, 0.2) is 5.11 Å². The second-order valence-electron chi connectivity index (χ2n) is 7.50. The number of benzene rings is 3. The second-order valence-corrected chi connectivity index (χ2v) is 7.91. The quantitative estimate of drug-likeness (QED) is 0.357. The van der Waals surface area contributed by atoms with E-state index in [1.165, 1.54) is 0 Å². The lowest BCUT2D eigenvalue weighted by atomic mass is 10.1. The Morgan fingerprint density at radius 3 is 2.35 bits per heavy atom. The van der Waals surface area contributed by atoms with Crippen molar-refractivity contribution in [3.05, 3.63) is 95.6 Å². The first-order valence-electron chi connectivity index (χ1n) is 10.7. The van der Waals surface area contributed by atoms with Gasteiger partial charge < -0.3 is 19.7 Å². The molecule has 0 aromatic heterocycles. The van der Waals surface area contributed by atoms with Crippen LogP contribution in [0.4, 0.5) is 5.69 Å². The first-order valence-corrected chi connectivity index (χ1v) is 11.1. The van der Waals surface area contributed by atoms with Gasteiger partial charge in [-0.15, -0.1) is 0 Å². The number of rotatable bonds is 9. The molecule has 3 rings (SSSR count).